The molecule has 0 spiro atoms. The van der Waals surface area contributed by atoms with Gasteiger partial charge in [-0.1, -0.05) is 23.8 Å². The molecule has 0 aliphatic heterocycles. The smallest absolute Gasteiger partial charge is 0.283 e. The van der Waals surface area contributed by atoms with Crippen molar-refractivity contribution in [1.82, 2.24) is 4.73 Å². The monoisotopic (exact) mass is 229 g/mol. The molecule has 0 fully saturated rings. The lowest BCUT2D eigenvalue weighted by atomic mass is 10.0. The molecule has 0 aliphatic rings. The number of benzene rings is 1. The number of rotatable bonds is 1. The van der Waals surface area contributed by atoms with Crippen LogP contribution >= 0.6 is 0 Å². The van der Waals surface area contributed by atoms with Gasteiger partial charge in [0.05, 0.1) is 5.69 Å². The van der Waals surface area contributed by atoms with Gasteiger partial charge in [0.2, 0.25) is 0 Å². The molecule has 17 heavy (non-hydrogen) atoms. The van der Waals surface area contributed by atoms with E-state index in [-0.39, 0.29) is 0 Å². The van der Waals surface area contributed by atoms with E-state index in [0.29, 0.717) is 10.4 Å². The van der Waals surface area contributed by atoms with Gasteiger partial charge in [0, 0.05) is 11.6 Å². The third-order valence-electron chi connectivity index (χ3n) is 2.81. The summed E-state index contributed by atoms with van der Waals surface area (Å²) < 4.78 is 0.699. The summed E-state index contributed by atoms with van der Waals surface area (Å²) in [6, 6.07) is 9.13. The number of pyridine rings is 1. The predicted octanol–water partition coefficient (Wildman–Crippen LogP) is 2.68. The first-order chi connectivity index (χ1) is 7.99. The molecule has 1 aromatic heterocycles. The van der Waals surface area contributed by atoms with E-state index in [1.165, 1.54) is 6.07 Å². The Morgan fingerprint density at radius 1 is 1.00 bits per heavy atom. The summed E-state index contributed by atoms with van der Waals surface area (Å²) in [5.41, 5.74) is 4.05. The van der Waals surface area contributed by atoms with Crippen LogP contribution < -0.4 is 5.56 Å². The Bertz CT molecular complexity index is 627. The van der Waals surface area contributed by atoms with Crippen LogP contribution in [-0.2, 0) is 0 Å². The fourth-order valence-electron chi connectivity index (χ4n) is 1.99. The summed E-state index contributed by atoms with van der Waals surface area (Å²) in [7, 11) is 0. The minimum Gasteiger partial charge on any atom is -0.425 e. The zero-order chi connectivity index (χ0) is 12.6. The first kappa shape index (κ1) is 11.5. The molecular weight excluding hydrogens is 214 g/mol. The van der Waals surface area contributed by atoms with Crippen LogP contribution in [-0.4, -0.2) is 9.94 Å². The molecule has 1 heterocycles. The Hall–Kier alpha value is -2.03. The first-order valence-corrected chi connectivity index (χ1v) is 5.49. The van der Waals surface area contributed by atoms with Crippen molar-refractivity contribution in [3.8, 4) is 11.3 Å². The zero-order valence-corrected chi connectivity index (χ0v) is 10.2. The van der Waals surface area contributed by atoms with Gasteiger partial charge >= 0.3 is 0 Å². The average molecular weight is 229 g/mol. The SMILES string of the molecule is Cc1ccc(-c2cc(C)cc(=O)n2O)c(C)c1. The van der Waals surface area contributed by atoms with Crippen molar-refractivity contribution < 1.29 is 5.21 Å². The van der Waals surface area contributed by atoms with Crippen LogP contribution in [0, 0.1) is 20.8 Å². The number of hydrogen-bond donors (Lipinski definition) is 1. The van der Waals surface area contributed by atoms with Gasteiger partial charge in [-0.2, -0.15) is 0 Å². The molecule has 0 unspecified atom stereocenters. The maximum absolute atomic E-state index is 11.5. The van der Waals surface area contributed by atoms with Crippen molar-refractivity contribution in [2.24, 2.45) is 0 Å². The maximum Gasteiger partial charge on any atom is 0.283 e. The van der Waals surface area contributed by atoms with Gasteiger partial charge in [0.1, 0.15) is 0 Å². The number of nitrogens with zero attached hydrogens (tertiary/aromatic N) is 1. The average Bonchev–Trinajstić information content (AvgIpc) is 2.24. The molecule has 0 saturated heterocycles. The van der Waals surface area contributed by atoms with Crippen LogP contribution in [0.25, 0.3) is 11.3 Å². The van der Waals surface area contributed by atoms with Crippen molar-refractivity contribution >= 4 is 0 Å². The highest BCUT2D eigenvalue weighted by atomic mass is 16.5. The Morgan fingerprint density at radius 3 is 2.35 bits per heavy atom. The van der Waals surface area contributed by atoms with E-state index >= 15 is 0 Å². The van der Waals surface area contributed by atoms with Crippen molar-refractivity contribution in [3.05, 3.63) is 57.4 Å². The minimum absolute atomic E-state index is 0.403. The highest BCUT2D eigenvalue weighted by molar-refractivity contribution is 5.64. The van der Waals surface area contributed by atoms with Crippen molar-refractivity contribution in [2.45, 2.75) is 20.8 Å². The lowest BCUT2D eigenvalue weighted by Crippen LogP contribution is -2.19. The molecule has 3 heteroatoms. The Balaban J connectivity index is 2.72. The van der Waals surface area contributed by atoms with Crippen LogP contribution in [0.1, 0.15) is 16.7 Å². The van der Waals surface area contributed by atoms with E-state index in [9.17, 15) is 10.0 Å². The van der Waals surface area contributed by atoms with E-state index in [0.717, 1.165) is 22.3 Å². The quantitative estimate of drug-likeness (QED) is 0.764. The molecule has 2 rings (SSSR count). The Morgan fingerprint density at radius 2 is 1.71 bits per heavy atom. The summed E-state index contributed by atoms with van der Waals surface area (Å²) in [6.07, 6.45) is 0. The predicted molar refractivity (Wildman–Crippen MR) is 67.5 cm³/mol. The molecule has 0 amide bonds. The number of aryl methyl sites for hydroxylation is 3. The third kappa shape index (κ3) is 2.09. The van der Waals surface area contributed by atoms with Gasteiger partial charge in [0.25, 0.3) is 5.56 Å². The van der Waals surface area contributed by atoms with E-state index in [1.807, 2.05) is 39.0 Å². The molecular formula is C14H15NO2. The van der Waals surface area contributed by atoms with Crippen molar-refractivity contribution in [1.29, 1.82) is 0 Å². The topological polar surface area (TPSA) is 42.2 Å². The highest BCUT2D eigenvalue weighted by Gasteiger charge is 2.09. The third-order valence-corrected chi connectivity index (χ3v) is 2.81. The van der Waals surface area contributed by atoms with Crippen LogP contribution in [0.2, 0.25) is 0 Å². The molecule has 0 saturated carbocycles. The molecule has 3 nitrogen and oxygen atoms in total. The number of hydrogen-bond acceptors (Lipinski definition) is 2. The van der Waals surface area contributed by atoms with E-state index in [2.05, 4.69) is 0 Å². The van der Waals surface area contributed by atoms with Gasteiger partial charge < -0.3 is 5.21 Å². The van der Waals surface area contributed by atoms with Gasteiger partial charge in [0.15, 0.2) is 0 Å². The molecule has 1 aromatic carbocycles. The lowest BCUT2D eigenvalue weighted by molar-refractivity contribution is 0.179. The summed E-state index contributed by atoms with van der Waals surface area (Å²) >= 11 is 0. The molecule has 0 aliphatic carbocycles. The van der Waals surface area contributed by atoms with Gasteiger partial charge in [-0.15, -0.1) is 4.73 Å². The van der Waals surface area contributed by atoms with Gasteiger partial charge in [-0.05, 0) is 38.0 Å². The van der Waals surface area contributed by atoms with Crippen LogP contribution in [0.15, 0.2) is 35.1 Å². The second-order valence-electron chi connectivity index (χ2n) is 4.39. The molecule has 2 aromatic rings. The Labute approximate surface area is 99.9 Å². The second kappa shape index (κ2) is 4.09. The molecule has 0 radical (unpaired) electrons. The summed E-state index contributed by atoms with van der Waals surface area (Å²) in [5, 5.41) is 9.77. The largest absolute Gasteiger partial charge is 0.425 e. The first-order valence-electron chi connectivity index (χ1n) is 5.49. The fourth-order valence-corrected chi connectivity index (χ4v) is 1.99. The van der Waals surface area contributed by atoms with Crippen LogP contribution in [0.5, 0.6) is 0 Å². The fraction of sp³-hybridized carbons (Fsp3) is 0.214. The van der Waals surface area contributed by atoms with E-state index in [1.54, 1.807) is 6.07 Å². The maximum atomic E-state index is 11.5. The highest BCUT2D eigenvalue weighted by Crippen LogP contribution is 2.23. The minimum atomic E-state index is -0.403. The lowest BCUT2D eigenvalue weighted by Gasteiger charge is -2.10. The Kier molecular flexibility index (Phi) is 2.76. The second-order valence-corrected chi connectivity index (χ2v) is 4.39. The van der Waals surface area contributed by atoms with Crippen molar-refractivity contribution in [2.75, 3.05) is 0 Å². The number of aromatic nitrogens is 1. The van der Waals surface area contributed by atoms with E-state index in [4.69, 9.17) is 0 Å². The molecule has 88 valence electrons. The molecule has 0 atom stereocenters. The normalized spacial score (nSPS) is 10.5. The summed E-state index contributed by atoms with van der Waals surface area (Å²) in [4.78, 5) is 11.5. The summed E-state index contributed by atoms with van der Waals surface area (Å²) in [5.74, 6) is 0. The zero-order valence-electron chi connectivity index (χ0n) is 10.2. The molecule has 1 N–H and O–H groups in total. The summed E-state index contributed by atoms with van der Waals surface area (Å²) in [6.45, 7) is 5.82. The molecule has 0 bridgehead atoms. The standard InChI is InChI=1S/C14H15NO2/c1-9-4-5-12(11(3)6-9)13-7-10(2)8-14(16)15(13)17/h4-8,17H,1-3H3. The van der Waals surface area contributed by atoms with Gasteiger partial charge in [-0.25, -0.2) is 0 Å². The van der Waals surface area contributed by atoms with Gasteiger partial charge in [-0.3, -0.25) is 4.79 Å². The van der Waals surface area contributed by atoms with E-state index < -0.39 is 5.56 Å². The van der Waals surface area contributed by atoms with Crippen LogP contribution in [0.3, 0.4) is 0 Å². The van der Waals surface area contributed by atoms with Crippen LogP contribution in [0.4, 0.5) is 0 Å². The van der Waals surface area contributed by atoms with Crippen molar-refractivity contribution in [3.63, 3.8) is 0 Å².